The Labute approximate surface area is 107 Å². The molecule has 1 aromatic rings. The average molecular weight is 272 g/mol. The normalized spacial score (nSPS) is 17.2. The molecule has 0 atom stereocenters. The van der Waals surface area contributed by atoms with Crippen LogP contribution in [0.4, 0.5) is 4.39 Å². The van der Waals surface area contributed by atoms with E-state index in [0.29, 0.717) is 19.6 Å². The number of rotatable bonds is 4. The van der Waals surface area contributed by atoms with E-state index in [1.807, 2.05) is 0 Å². The number of sulfonamides is 1. The molecule has 0 amide bonds. The maximum Gasteiger partial charge on any atom is 0.245 e. The summed E-state index contributed by atoms with van der Waals surface area (Å²) in [5.74, 6) is -0.679. The number of nitrogens with one attached hydrogen (secondary N) is 1. The zero-order valence-corrected chi connectivity index (χ0v) is 11.1. The van der Waals surface area contributed by atoms with Gasteiger partial charge in [-0.2, -0.15) is 4.31 Å². The molecule has 0 radical (unpaired) electrons. The van der Waals surface area contributed by atoms with E-state index in [4.69, 9.17) is 0 Å². The van der Waals surface area contributed by atoms with E-state index >= 15 is 0 Å². The van der Waals surface area contributed by atoms with Gasteiger partial charge in [0.25, 0.3) is 0 Å². The molecule has 1 heterocycles. The van der Waals surface area contributed by atoms with E-state index in [-0.39, 0.29) is 4.90 Å². The highest BCUT2D eigenvalue weighted by Crippen LogP contribution is 2.24. The molecule has 0 spiro atoms. The minimum Gasteiger partial charge on any atom is -0.316 e. The number of hydrogen-bond donors (Lipinski definition) is 1. The van der Waals surface area contributed by atoms with Gasteiger partial charge in [-0.15, -0.1) is 0 Å². The van der Waals surface area contributed by atoms with Crippen molar-refractivity contribution in [2.24, 2.45) is 0 Å². The van der Waals surface area contributed by atoms with Crippen molar-refractivity contribution in [2.45, 2.75) is 24.3 Å². The van der Waals surface area contributed by atoms with Crippen LogP contribution in [0, 0.1) is 5.82 Å². The third-order valence-corrected chi connectivity index (χ3v) is 4.97. The lowest BCUT2D eigenvalue weighted by Gasteiger charge is -2.16. The van der Waals surface area contributed by atoms with Crippen molar-refractivity contribution in [3.8, 4) is 0 Å². The van der Waals surface area contributed by atoms with Crippen LogP contribution in [-0.4, -0.2) is 32.9 Å². The zero-order chi connectivity index (χ0) is 13.2. The number of nitrogens with zero attached hydrogens (tertiary/aromatic N) is 1. The van der Waals surface area contributed by atoms with Crippen molar-refractivity contribution in [3.05, 3.63) is 29.6 Å². The summed E-state index contributed by atoms with van der Waals surface area (Å²) >= 11 is 0. The van der Waals surface area contributed by atoms with E-state index in [0.717, 1.165) is 18.4 Å². The lowest BCUT2D eigenvalue weighted by molar-refractivity contribution is 0.469. The summed E-state index contributed by atoms with van der Waals surface area (Å²) in [4.78, 5) is -0.211. The molecule has 0 bridgehead atoms. The molecule has 0 aromatic heterocycles. The Morgan fingerprint density at radius 3 is 2.61 bits per heavy atom. The van der Waals surface area contributed by atoms with Crippen LogP contribution < -0.4 is 5.32 Å². The Morgan fingerprint density at radius 1 is 1.33 bits per heavy atom. The third kappa shape index (κ3) is 2.55. The van der Waals surface area contributed by atoms with Crippen LogP contribution in [-0.2, 0) is 16.6 Å². The predicted octanol–water partition coefficient (Wildman–Crippen LogP) is 1.33. The third-order valence-electron chi connectivity index (χ3n) is 3.06. The topological polar surface area (TPSA) is 49.4 Å². The SMILES string of the molecule is CNCc1ccc(F)c(S(=O)(=O)N2CCCC2)c1. The fourth-order valence-corrected chi connectivity index (χ4v) is 3.76. The summed E-state index contributed by atoms with van der Waals surface area (Å²) in [6, 6.07) is 4.23. The molecule has 1 fully saturated rings. The quantitative estimate of drug-likeness (QED) is 0.899. The number of benzene rings is 1. The van der Waals surface area contributed by atoms with Crippen LogP contribution in [0.25, 0.3) is 0 Å². The van der Waals surface area contributed by atoms with Gasteiger partial charge in [-0.25, -0.2) is 12.8 Å². The summed E-state index contributed by atoms with van der Waals surface area (Å²) in [5, 5.41) is 2.92. The molecular formula is C12H17FN2O2S. The van der Waals surface area contributed by atoms with Crippen molar-refractivity contribution in [2.75, 3.05) is 20.1 Å². The average Bonchev–Trinajstić information content (AvgIpc) is 2.86. The van der Waals surface area contributed by atoms with E-state index in [1.165, 1.54) is 16.4 Å². The van der Waals surface area contributed by atoms with Crippen molar-refractivity contribution < 1.29 is 12.8 Å². The molecule has 6 heteroatoms. The molecule has 4 nitrogen and oxygen atoms in total. The lowest BCUT2D eigenvalue weighted by Crippen LogP contribution is -2.28. The second kappa shape index (κ2) is 5.34. The first kappa shape index (κ1) is 13.5. The van der Waals surface area contributed by atoms with Crippen molar-refractivity contribution in [1.82, 2.24) is 9.62 Å². The summed E-state index contributed by atoms with van der Waals surface area (Å²) in [6.07, 6.45) is 1.69. The summed E-state index contributed by atoms with van der Waals surface area (Å²) in [7, 11) is -1.92. The highest BCUT2D eigenvalue weighted by atomic mass is 32.2. The Hall–Kier alpha value is -0.980. The smallest absolute Gasteiger partial charge is 0.245 e. The summed E-state index contributed by atoms with van der Waals surface area (Å²) < 4.78 is 39.6. The van der Waals surface area contributed by atoms with Gasteiger partial charge < -0.3 is 5.32 Å². The van der Waals surface area contributed by atoms with E-state index in [9.17, 15) is 12.8 Å². The van der Waals surface area contributed by atoms with E-state index in [1.54, 1.807) is 13.1 Å². The lowest BCUT2D eigenvalue weighted by atomic mass is 10.2. The molecule has 1 saturated heterocycles. The number of halogens is 1. The van der Waals surface area contributed by atoms with Crippen molar-refractivity contribution in [1.29, 1.82) is 0 Å². The largest absolute Gasteiger partial charge is 0.316 e. The van der Waals surface area contributed by atoms with Gasteiger partial charge in [-0.1, -0.05) is 6.07 Å². The molecule has 2 rings (SSSR count). The summed E-state index contributed by atoms with van der Waals surface area (Å²) in [6.45, 7) is 1.48. The Kier molecular flexibility index (Phi) is 3.99. The molecule has 0 saturated carbocycles. The minimum absolute atomic E-state index is 0.211. The molecule has 0 unspecified atom stereocenters. The standard InChI is InChI=1S/C12H17FN2O2S/c1-14-9-10-4-5-11(13)12(8-10)18(16,17)15-6-2-3-7-15/h4-5,8,14H,2-3,6-7,9H2,1H3. The Balaban J connectivity index is 2.39. The minimum atomic E-state index is -3.68. The van der Waals surface area contributed by atoms with E-state index < -0.39 is 15.8 Å². The molecule has 1 N–H and O–H groups in total. The second-order valence-electron chi connectivity index (χ2n) is 4.41. The van der Waals surface area contributed by atoms with Gasteiger partial charge in [0.15, 0.2) is 0 Å². The van der Waals surface area contributed by atoms with Crippen LogP contribution in [0.3, 0.4) is 0 Å². The second-order valence-corrected chi connectivity index (χ2v) is 6.31. The molecule has 1 aliphatic rings. The van der Waals surface area contributed by atoms with Gasteiger partial charge in [-0.05, 0) is 37.6 Å². The first-order valence-corrected chi connectivity index (χ1v) is 7.43. The maximum atomic E-state index is 13.7. The van der Waals surface area contributed by atoms with Crippen LogP contribution >= 0.6 is 0 Å². The van der Waals surface area contributed by atoms with Gasteiger partial charge in [0, 0.05) is 19.6 Å². The maximum absolute atomic E-state index is 13.7. The molecule has 0 aliphatic carbocycles. The molecule has 18 heavy (non-hydrogen) atoms. The molecular weight excluding hydrogens is 255 g/mol. The van der Waals surface area contributed by atoms with E-state index in [2.05, 4.69) is 5.32 Å². The van der Waals surface area contributed by atoms with Crippen LogP contribution in [0.1, 0.15) is 18.4 Å². The first-order valence-electron chi connectivity index (χ1n) is 5.99. The first-order chi connectivity index (χ1) is 8.55. The highest BCUT2D eigenvalue weighted by Gasteiger charge is 2.29. The molecule has 1 aromatic carbocycles. The zero-order valence-electron chi connectivity index (χ0n) is 10.3. The Bertz CT molecular complexity index is 525. The van der Waals surface area contributed by atoms with Gasteiger partial charge in [-0.3, -0.25) is 0 Å². The van der Waals surface area contributed by atoms with Crippen LogP contribution in [0.15, 0.2) is 23.1 Å². The Morgan fingerprint density at radius 2 is 2.00 bits per heavy atom. The fourth-order valence-electron chi connectivity index (χ4n) is 2.13. The fraction of sp³-hybridized carbons (Fsp3) is 0.500. The van der Waals surface area contributed by atoms with Crippen molar-refractivity contribution >= 4 is 10.0 Å². The predicted molar refractivity (Wildman–Crippen MR) is 67.2 cm³/mol. The summed E-state index contributed by atoms with van der Waals surface area (Å²) in [5.41, 5.74) is 0.761. The van der Waals surface area contributed by atoms with Gasteiger partial charge in [0.1, 0.15) is 10.7 Å². The van der Waals surface area contributed by atoms with Gasteiger partial charge in [0.2, 0.25) is 10.0 Å². The molecule has 100 valence electrons. The molecule has 1 aliphatic heterocycles. The van der Waals surface area contributed by atoms with Crippen LogP contribution in [0.2, 0.25) is 0 Å². The van der Waals surface area contributed by atoms with Gasteiger partial charge in [0.05, 0.1) is 0 Å². The van der Waals surface area contributed by atoms with Crippen LogP contribution in [0.5, 0.6) is 0 Å². The van der Waals surface area contributed by atoms with Gasteiger partial charge >= 0.3 is 0 Å². The number of hydrogen-bond acceptors (Lipinski definition) is 3. The highest BCUT2D eigenvalue weighted by molar-refractivity contribution is 7.89. The van der Waals surface area contributed by atoms with Crippen molar-refractivity contribution in [3.63, 3.8) is 0 Å². The monoisotopic (exact) mass is 272 g/mol.